The van der Waals surface area contributed by atoms with Crippen molar-refractivity contribution in [3.05, 3.63) is 70.5 Å². The molecule has 2 aromatic carbocycles. The Morgan fingerprint density at radius 3 is 2.57 bits per heavy atom. The van der Waals surface area contributed by atoms with Crippen molar-refractivity contribution in [2.75, 3.05) is 5.32 Å². The average molecular weight is 294 g/mol. The molecule has 3 rings (SSSR count). The fourth-order valence-corrected chi connectivity index (χ4v) is 3.05. The lowest BCUT2D eigenvalue weighted by Crippen LogP contribution is -2.01. The summed E-state index contributed by atoms with van der Waals surface area (Å²) in [6, 6.07) is 18.8. The Hall–Kier alpha value is -2.13. The van der Waals surface area contributed by atoms with Crippen molar-refractivity contribution < 1.29 is 0 Å². The topological polar surface area (TPSA) is 24.9 Å². The first-order chi connectivity index (χ1) is 10.4. The van der Waals surface area contributed by atoms with E-state index < -0.39 is 0 Å². The molecule has 106 valence electrons. The molecule has 0 fully saturated rings. The number of anilines is 1. The van der Waals surface area contributed by atoms with Gasteiger partial charge in [-0.3, -0.25) is 0 Å². The molecule has 1 N–H and O–H groups in total. The summed E-state index contributed by atoms with van der Waals surface area (Å²) in [5, 5.41) is 6.73. The molecule has 0 bridgehead atoms. The number of rotatable bonds is 5. The van der Waals surface area contributed by atoms with Crippen molar-refractivity contribution >= 4 is 17.0 Å². The van der Waals surface area contributed by atoms with Crippen molar-refractivity contribution in [2.24, 2.45) is 0 Å². The Bertz CT molecular complexity index is 704. The number of nitrogens with zero attached hydrogens (tertiary/aromatic N) is 1. The van der Waals surface area contributed by atoms with Gasteiger partial charge >= 0.3 is 0 Å². The average Bonchev–Trinajstić information content (AvgIpc) is 3.03. The van der Waals surface area contributed by atoms with Crippen molar-refractivity contribution in [2.45, 2.75) is 19.9 Å². The number of benzene rings is 2. The molecule has 0 saturated carbocycles. The van der Waals surface area contributed by atoms with Gasteiger partial charge in [0.25, 0.3) is 0 Å². The van der Waals surface area contributed by atoms with E-state index >= 15 is 0 Å². The molecule has 2 nitrogen and oxygen atoms in total. The summed E-state index contributed by atoms with van der Waals surface area (Å²) >= 11 is 1.70. The van der Waals surface area contributed by atoms with Crippen LogP contribution in [0.1, 0.15) is 17.5 Å². The van der Waals surface area contributed by atoms with E-state index in [4.69, 9.17) is 4.98 Å². The standard InChI is InChI=1S/C18H18N2S/c1-2-14-8-6-7-11-16(14)19-12-18-20-17(13-21-18)15-9-4-3-5-10-15/h3-11,13,19H,2,12H2,1H3. The van der Waals surface area contributed by atoms with Crippen LogP contribution in [0.4, 0.5) is 5.69 Å². The van der Waals surface area contributed by atoms with Gasteiger partial charge in [0.1, 0.15) is 5.01 Å². The molecule has 0 aliphatic rings. The van der Waals surface area contributed by atoms with Gasteiger partial charge in [-0.2, -0.15) is 0 Å². The van der Waals surface area contributed by atoms with Crippen LogP contribution in [0.15, 0.2) is 60.0 Å². The van der Waals surface area contributed by atoms with Crippen molar-refractivity contribution in [1.82, 2.24) is 4.98 Å². The molecule has 0 atom stereocenters. The van der Waals surface area contributed by atoms with Crippen LogP contribution in [0.2, 0.25) is 0 Å². The van der Waals surface area contributed by atoms with Gasteiger partial charge in [-0.25, -0.2) is 4.98 Å². The van der Waals surface area contributed by atoms with E-state index in [0.717, 1.165) is 23.7 Å². The molecule has 0 unspecified atom stereocenters. The maximum Gasteiger partial charge on any atom is 0.112 e. The van der Waals surface area contributed by atoms with Crippen LogP contribution < -0.4 is 5.32 Å². The third-order valence-electron chi connectivity index (χ3n) is 3.45. The smallest absolute Gasteiger partial charge is 0.112 e. The predicted octanol–water partition coefficient (Wildman–Crippen LogP) is 4.98. The second kappa shape index (κ2) is 6.55. The minimum atomic E-state index is 0.772. The molecule has 0 aliphatic carbocycles. The Labute approximate surface area is 129 Å². The van der Waals surface area contributed by atoms with Crippen molar-refractivity contribution in [3.8, 4) is 11.3 Å². The lowest BCUT2D eigenvalue weighted by atomic mass is 10.1. The predicted molar refractivity (Wildman–Crippen MR) is 90.7 cm³/mol. The number of aromatic nitrogens is 1. The monoisotopic (exact) mass is 294 g/mol. The molecule has 0 spiro atoms. The largest absolute Gasteiger partial charge is 0.378 e. The maximum atomic E-state index is 4.71. The van der Waals surface area contributed by atoms with Gasteiger partial charge in [0, 0.05) is 16.6 Å². The summed E-state index contributed by atoms with van der Waals surface area (Å²) in [5.74, 6) is 0. The molecular weight excluding hydrogens is 276 g/mol. The van der Waals surface area contributed by atoms with Gasteiger partial charge in [-0.05, 0) is 18.1 Å². The number of thiazole rings is 1. The van der Waals surface area contributed by atoms with E-state index in [1.165, 1.54) is 16.8 Å². The fraction of sp³-hybridized carbons (Fsp3) is 0.167. The summed E-state index contributed by atoms with van der Waals surface area (Å²) in [6.45, 7) is 2.95. The molecule has 3 aromatic rings. The van der Waals surface area contributed by atoms with E-state index in [2.05, 4.69) is 54.0 Å². The van der Waals surface area contributed by atoms with Gasteiger partial charge in [-0.1, -0.05) is 55.5 Å². The van der Waals surface area contributed by atoms with Crippen molar-refractivity contribution in [3.63, 3.8) is 0 Å². The Balaban J connectivity index is 1.71. The van der Waals surface area contributed by atoms with E-state index in [1.807, 2.05) is 18.2 Å². The highest BCUT2D eigenvalue weighted by Gasteiger charge is 2.05. The molecule has 0 amide bonds. The molecular formula is C18H18N2S. The zero-order chi connectivity index (χ0) is 14.5. The second-order valence-corrected chi connectivity index (χ2v) is 5.80. The van der Waals surface area contributed by atoms with Crippen LogP contribution >= 0.6 is 11.3 Å². The normalized spacial score (nSPS) is 10.5. The second-order valence-electron chi connectivity index (χ2n) is 4.86. The highest BCUT2D eigenvalue weighted by molar-refractivity contribution is 7.09. The van der Waals surface area contributed by atoms with E-state index in [0.29, 0.717) is 0 Å². The molecule has 21 heavy (non-hydrogen) atoms. The molecule has 3 heteroatoms. The van der Waals surface area contributed by atoms with Gasteiger partial charge < -0.3 is 5.32 Å². The van der Waals surface area contributed by atoms with E-state index in [9.17, 15) is 0 Å². The lowest BCUT2D eigenvalue weighted by molar-refractivity contribution is 1.07. The van der Waals surface area contributed by atoms with Gasteiger partial charge in [0.05, 0.1) is 12.2 Å². The summed E-state index contributed by atoms with van der Waals surface area (Å²) < 4.78 is 0. The summed E-state index contributed by atoms with van der Waals surface area (Å²) in [5.41, 5.74) is 4.78. The Morgan fingerprint density at radius 2 is 1.76 bits per heavy atom. The summed E-state index contributed by atoms with van der Waals surface area (Å²) in [6.07, 6.45) is 1.04. The highest BCUT2D eigenvalue weighted by Crippen LogP contribution is 2.23. The van der Waals surface area contributed by atoms with Gasteiger partial charge in [-0.15, -0.1) is 11.3 Å². The van der Waals surface area contributed by atoms with E-state index in [1.54, 1.807) is 11.3 Å². The van der Waals surface area contributed by atoms with Crippen LogP contribution in [0, 0.1) is 0 Å². The summed E-state index contributed by atoms with van der Waals surface area (Å²) in [7, 11) is 0. The number of aryl methyl sites for hydroxylation is 1. The minimum absolute atomic E-state index is 0.772. The molecule has 0 saturated heterocycles. The number of hydrogen-bond acceptors (Lipinski definition) is 3. The Kier molecular flexibility index (Phi) is 4.31. The molecule has 1 heterocycles. The first-order valence-corrected chi connectivity index (χ1v) is 8.06. The molecule has 0 radical (unpaired) electrons. The lowest BCUT2D eigenvalue weighted by Gasteiger charge is -2.09. The summed E-state index contributed by atoms with van der Waals surface area (Å²) in [4.78, 5) is 4.71. The number of hydrogen-bond donors (Lipinski definition) is 1. The zero-order valence-electron chi connectivity index (χ0n) is 12.0. The van der Waals surface area contributed by atoms with Crippen molar-refractivity contribution in [1.29, 1.82) is 0 Å². The number of para-hydroxylation sites is 1. The number of nitrogens with one attached hydrogen (secondary N) is 1. The quantitative estimate of drug-likeness (QED) is 0.717. The fourth-order valence-electron chi connectivity index (χ4n) is 2.31. The van der Waals surface area contributed by atoms with Crippen LogP contribution in [0.25, 0.3) is 11.3 Å². The van der Waals surface area contributed by atoms with Crippen LogP contribution in [0.5, 0.6) is 0 Å². The third-order valence-corrected chi connectivity index (χ3v) is 4.30. The van der Waals surface area contributed by atoms with Gasteiger partial charge in [0.15, 0.2) is 0 Å². The maximum absolute atomic E-state index is 4.71. The third kappa shape index (κ3) is 3.31. The van der Waals surface area contributed by atoms with E-state index in [-0.39, 0.29) is 0 Å². The van der Waals surface area contributed by atoms with Crippen LogP contribution in [-0.4, -0.2) is 4.98 Å². The molecule has 0 aliphatic heterocycles. The van der Waals surface area contributed by atoms with Gasteiger partial charge in [0.2, 0.25) is 0 Å². The first-order valence-electron chi connectivity index (χ1n) is 7.18. The SMILES string of the molecule is CCc1ccccc1NCc1nc(-c2ccccc2)cs1. The molecule has 1 aromatic heterocycles. The van der Waals surface area contributed by atoms with Crippen LogP contribution in [0.3, 0.4) is 0 Å². The Morgan fingerprint density at radius 1 is 1.00 bits per heavy atom. The highest BCUT2D eigenvalue weighted by atomic mass is 32.1. The first kappa shape index (κ1) is 13.8. The van der Waals surface area contributed by atoms with Crippen LogP contribution in [-0.2, 0) is 13.0 Å². The minimum Gasteiger partial charge on any atom is -0.378 e. The zero-order valence-corrected chi connectivity index (χ0v) is 12.9.